The minimum Gasteiger partial charge on any atom is -0.469 e. The van der Waals surface area contributed by atoms with E-state index in [1.165, 1.54) is 7.11 Å². The van der Waals surface area contributed by atoms with E-state index in [-0.39, 0.29) is 29.9 Å². The Labute approximate surface area is 85.7 Å². The fourth-order valence-corrected chi connectivity index (χ4v) is 1.10. The first-order valence-corrected chi connectivity index (χ1v) is 4.79. The monoisotopic (exact) mass is 252 g/mol. The van der Waals surface area contributed by atoms with E-state index in [9.17, 15) is 9.59 Å². The Morgan fingerprint density at radius 3 is 2.62 bits per heavy atom. The van der Waals surface area contributed by atoms with Crippen LogP contribution in [0.15, 0.2) is 0 Å². The van der Waals surface area contributed by atoms with Crippen LogP contribution in [0.4, 0.5) is 0 Å². The zero-order valence-corrected chi connectivity index (χ0v) is 9.24. The van der Waals surface area contributed by atoms with Crippen LogP contribution in [-0.4, -0.2) is 36.9 Å². The second kappa shape index (κ2) is 7.03. The van der Waals surface area contributed by atoms with Gasteiger partial charge in [0.1, 0.15) is 12.9 Å². The van der Waals surface area contributed by atoms with Gasteiger partial charge in [0.25, 0.3) is 0 Å². The maximum Gasteiger partial charge on any atom is 0.308 e. The summed E-state index contributed by atoms with van der Waals surface area (Å²) in [6.45, 7) is 1.84. The van der Waals surface area contributed by atoms with Gasteiger partial charge < -0.3 is 14.3 Å². The number of halogens is 1. The zero-order chi connectivity index (χ0) is 10.3. The normalized spacial score (nSPS) is 14.7. The average molecular weight is 253 g/mol. The number of carbonyl (C=O) groups excluding carboxylic acids is 2. The molecule has 0 saturated carbocycles. The predicted molar refractivity (Wildman–Crippen MR) is 50.8 cm³/mol. The van der Waals surface area contributed by atoms with Crippen molar-refractivity contribution in [1.29, 1.82) is 0 Å². The van der Waals surface area contributed by atoms with Crippen molar-refractivity contribution in [1.82, 2.24) is 0 Å². The fraction of sp³-hybridized carbons (Fsp3) is 0.750. The molecule has 0 amide bonds. The number of alkyl halides is 1. The molecule has 5 heteroatoms. The van der Waals surface area contributed by atoms with Crippen LogP contribution in [0.25, 0.3) is 0 Å². The number of carbonyl (C=O) groups is 2. The van der Waals surface area contributed by atoms with Gasteiger partial charge in [-0.25, -0.2) is 0 Å². The second-order valence-corrected chi connectivity index (χ2v) is 3.94. The lowest BCUT2D eigenvalue weighted by Crippen LogP contribution is -2.26. The first-order valence-electron chi connectivity index (χ1n) is 3.88. The summed E-state index contributed by atoms with van der Waals surface area (Å²) in [7, 11) is 1.32. The van der Waals surface area contributed by atoms with Crippen molar-refractivity contribution in [3.05, 3.63) is 0 Å². The molecule has 0 saturated heterocycles. The van der Waals surface area contributed by atoms with E-state index < -0.39 is 0 Å². The largest absolute Gasteiger partial charge is 0.469 e. The lowest BCUT2D eigenvalue weighted by molar-refractivity contribution is -0.144. The van der Waals surface area contributed by atoms with E-state index in [1.54, 1.807) is 0 Å². The second-order valence-electron chi connectivity index (χ2n) is 2.50. The van der Waals surface area contributed by atoms with Crippen molar-refractivity contribution in [3.63, 3.8) is 0 Å². The molecule has 0 aliphatic carbocycles. The summed E-state index contributed by atoms with van der Waals surface area (Å²) in [5.74, 6) is -0.345. The third-order valence-electron chi connectivity index (χ3n) is 1.49. The number of methoxy groups -OCH3 is 1. The molecule has 0 heterocycles. The fourth-order valence-electron chi connectivity index (χ4n) is 0.764. The van der Waals surface area contributed by atoms with Gasteiger partial charge in [-0.2, -0.15) is 0 Å². The molecule has 0 rings (SSSR count). The van der Waals surface area contributed by atoms with Crippen molar-refractivity contribution in [3.8, 4) is 0 Å². The number of esters is 1. The van der Waals surface area contributed by atoms with Gasteiger partial charge in [-0.3, -0.25) is 4.79 Å². The highest BCUT2D eigenvalue weighted by molar-refractivity contribution is 9.09. The SMILES string of the molecule is COC(=O)CC(OCC=O)C(C)Br. The number of rotatable bonds is 6. The summed E-state index contributed by atoms with van der Waals surface area (Å²) in [6, 6.07) is 0. The van der Waals surface area contributed by atoms with Crippen molar-refractivity contribution >= 4 is 28.2 Å². The van der Waals surface area contributed by atoms with Gasteiger partial charge in [-0.1, -0.05) is 22.9 Å². The standard InChI is InChI=1S/C8H13BrO4/c1-6(9)7(13-4-3-10)5-8(11)12-2/h3,6-7H,4-5H2,1-2H3. The van der Waals surface area contributed by atoms with E-state index in [2.05, 4.69) is 20.7 Å². The molecule has 0 aromatic carbocycles. The molecule has 0 aliphatic rings. The molecule has 0 fully saturated rings. The van der Waals surface area contributed by atoms with E-state index in [0.29, 0.717) is 6.29 Å². The molecular formula is C8H13BrO4. The van der Waals surface area contributed by atoms with Crippen LogP contribution in [0.2, 0.25) is 0 Å². The van der Waals surface area contributed by atoms with E-state index in [4.69, 9.17) is 4.74 Å². The molecule has 13 heavy (non-hydrogen) atoms. The minimum absolute atomic E-state index is 0.00238. The van der Waals surface area contributed by atoms with Gasteiger partial charge >= 0.3 is 5.97 Å². The van der Waals surface area contributed by atoms with Crippen molar-refractivity contribution in [2.24, 2.45) is 0 Å². The highest BCUT2D eigenvalue weighted by atomic mass is 79.9. The number of aldehydes is 1. The molecule has 0 aliphatic heterocycles. The highest BCUT2D eigenvalue weighted by Crippen LogP contribution is 2.12. The van der Waals surface area contributed by atoms with Crippen LogP contribution >= 0.6 is 15.9 Å². The van der Waals surface area contributed by atoms with Gasteiger partial charge in [0.2, 0.25) is 0 Å². The van der Waals surface area contributed by atoms with Crippen LogP contribution in [0.1, 0.15) is 13.3 Å². The molecule has 0 radical (unpaired) electrons. The minimum atomic E-state index is -0.345. The molecule has 2 unspecified atom stereocenters. The lowest BCUT2D eigenvalue weighted by atomic mass is 10.2. The molecule has 4 nitrogen and oxygen atoms in total. The van der Waals surface area contributed by atoms with E-state index in [1.807, 2.05) is 6.92 Å². The Bertz CT molecular complexity index is 170. The van der Waals surface area contributed by atoms with Gasteiger partial charge in [0.15, 0.2) is 0 Å². The topological polar surface area (TPSA) is 52.6 Å². The Hall–Kier alpha value is -0.420. The van der Waals surface area contributed by atoms with E-state index >= 15 is 0 Å². The van der Waals surface area contributed by atoms with Gasteiger partial charge in [-0.05, 0) is 0 Å². The quantitative estimate of drug-likeness (QED) is 0.401. The van der Waals surface area contributed by atoms with E-state index in [0.717, 1.165) is 0 Å². The molecule has 76 valence electrons. The Morgan fingerprint density at radius 2 is 2.23 bits per heavy atom. The average Bonchev–Trinajstić information content (AvgIpc) is 2.11. The molecule has 2 atom stereocenters. The van der Waals surface area contributed by atoms with Crippen LogP contribution in [0.3, 0.4) is 0 Å². The maximum atomic E-state index is 10.9. The summed E-state index contributed by atoms with van der Waals surface area (Å²) in [5, 5.41) is 0. The lowest BCUT2D eigenvalue weighted by Gasteiger charge is -2.17. The highest BCUT2D eigenvalue weighted by Gasteiger charge is 2.19. The third-order valence-corrected chi connectivity index (χ3v) is 2.08. The van der Waals surface area contributed by atoms with Crippen molar-refractivity contribution in [2.45, 2.75) is 24.3 Å². The summed E-state index contributed by atoms with van der Waals surface area (Å²) in [4.78, 5) is 20.9. The smallest absolute Gasteiger partial charge is 0.308 e. The van der Waals surface area contributed by atoms with Crippen LogP contribution in [0, 0.1) is 0 Å². The molecule has 0 bridgehead atoms. The van der Waals surface area contributed by atoms with Crippen molar-refractivity contribution < 1.29 is 19.1 Å². The van der Waals surface area contributed by atoms with Gasteiger partial charge in [-0.15, -0.1) is 0 Å². The molecule has 0 aromatic heterocycles. The maximum absolute atomic E-state index is 10.9. The van der Waals surface area contributed by atoms with Crippen LogP contribution < -0.4 is 0 Å². The summed E-state index contributed by atoms with van der Waals surface area (Å²) >= 11 is 3.28. The van der Waals surface area contributed by atoms with Crippen LogP contribution in [0.5, 0.6) is 0 Å². The molecule has 0 spiro atoms. The Balaban J connectivity index is 3.93. The summed E-state index contributed by atoms with van der Waals surface area (Å²) in [5.41, 5.74) is 0. The number of hydrogen-bond donors (Lipinski definition) is 0. The first-order chi connectivity index (χ1) is 6.11. The van der Waals surface area contributed by atoms with Crippen LogP contribution in [-0.2, 0) is 19.1 Å². The zero-order valence-electron chi connectivity index (χ0n) is 7.66. The third kappa shape index (κ3) is 5.76. The first kappa shape index (κ1) is 12.6. The van der Waals surface area contributed by atoms with Crippen molar-refractivity contribution in [2.75, 3.05) is 13.7 Å². The molecule has 0 aromatic rings. The summed E-state index contributed by atoms with van der Waals surface area (Å²) < 4.78 is 9.59. The molecule has 0 N–H and O–H groups in total. The Morgan fingerprint density at radius 1 is 1.62 bits per heavy atom. The Kier molecular flexibility index (Phi) is 6.80. The van der Waals surface area contributed by atoms with Gasteiger partial charge in [0.05, 0.1) is 19.6 Å². The summed E-state index contributed by atoms with van der Waals surface area (Å²) in [6.07, 6.45) is 0.480. The van der Waals surface area contributed by atoms with Gasteiger partial charge in [0, 0.05) is 4.83 Å². The number of ether oxygens (including phenoxy) is 2. The predicted octanol–water partition coefficient (Wildman–Crippen LogP) is 0.917. The molecular weight excluding hydrogens is 240 g/mol. The number of hydrogen-bond acceptors (Lipinski definition) is 4.